The van der Waals surface area contributed by atoms with E-state index in [2.05, 4.69) is 80.7 Å². The molecule has 67 heavy (non-hydrogen) atoms. The molecule has 0 spiro atoms. The third-order valence-corrected chi connectivity index (χ3v) is 11.2. The van der Waals surface area contributed by atoms with Gasteiger partial charge in [0.15, 0.2) is 6.10 Å². The summed E-state index contributed by atoms with van der Waals surface area (Å²) in [5.41, 5.74) is 0. The molecule has 0 aliphatic carbocycles. The Morgan fingerprint density at radius 3 is 1.34 bits per heavy atom. The number of carbonyl (C=O) groups is 3. The second-order valence-electron chi connectivity index (χ2n) is 18.8. The lowest BCUT2D eigenvalue weighted by Gasteiger charge is -2.25. The van der Waals surface area contributed by atoms with Gasteiger partial charge in [-0.05, 0) is 70.6 Å². The molecule has 1 N–H and O–H groups in total. The number of aliphatic carboxylic acids is 1. The van der Waals surface area contributed by atoms with Crippen LogP contribution in [0.15, 0.2) is 85.1 Å². The highest BCUT2D eigenvalue weighted by molar-refractivity contribution is 5.72. The zero-order chi connectivity index (χ0) is 49.2. The number of unbranched alkanes of at least 4 members (excludes halogenated alkanes) is 20. The Morgan fingerprint density at radius 1 is 0.478 bits per heavy atom. The highest BCUT2D eigenvalue weighted by Crippen LogP contribution is 2.15. The fourth-order valence-corrected chi connectivity index (χ4v) is 7.06. The first kappa shape index (κ1) is 63.5. The van der Waals surface area contributed by atoms with Crippen molar-refractivity contribution in [2.24, 2.45) is 0 Å². The molecule has 0 saturated heterocycles. The summed E-state index contributed by atoms with van der Waals surface area (Å²) in [6.45, 7) is 4.63. The second-order valence-corrected chi connectivity index (χ2v) is 18.8. The van der Waals surface area contributed by atoms with E-state index in [0.717, 1.165) is 51.4 Å². The van der Waals surface area contributed by atoms with Crippen molar-refractivity contribution in [3.63, 3.8) is 0 Å². The van der Waals surface area contributed by atoms with Crippen molar-refractivity contribution in [2.75, 3.05) is 47.5 Å². The minimum atomic E-state index is -1.54. The summed E-state index contributed by atoms with van der Waals surface area (Å²) in [6.07, 6.45) is 61.3. The number of likely N-dealkylation sites (N-methyl/N-ethyl adjacent to an activating group) is 1. The molecule has 0 aliphatic rings. The molecule has 0 saturated carbocycles. The molecule has 2 atom stereocenters. The molecule has 9 heteroatoms. The van der Waals surface area contributed by atoms with Gasteiger partial charge in [0.1, 0.15) is 13.2 Å². The molecule has 0 amide bonds. The van der Waals surface area contributed by atoms with Crippen LogP contribution in [0.4, 0.5) is 0 Å². The number of carboxylic acid groups (broad SMARTS) is 1. The Hall–Kier alpha value is -3.53. The molecule has 0 aliphatic heterocycles. The maximum Gasteiger partial charge on any atom is 0.361 e. The van der Waals surface area contributed by atoms with Crippen molar-refractivity contribution in [3.8, 4) is 0 Å². The predicted molar refractivity (Wildman–Crippen MR) is 281 cm³/mol. The van der Waals surface area contributed by atoms with Crippen LogP contribution in [-0.2, 0) is 33.3 Å². The number of allylic oxidation sites excluding steroid dienone is 13. The van der Waals surface area contributed by atoms with E-state index in [0.29, 0.717) is 17.4 Å². The minimum absolute atomic E-state index is 0.0249. The third-order valence-electron chi connectivity index (χ3n) is 11.2. The molecule has 0 rings (SSSR count). The van der Waals surface area contributed by atoms with Crippen LogP contribution in [0.25, 0.3) is 0 Å². The zero-order valence-corrected chi connectivity index (χ0v) is 43.5. The first-order valence-corrected chi connectivity index (χ1v) is 26.8. The fraction of sp³-hybridized carbons (Fsp3) is 0.707. The Morgan fingerprint density at radius 2 is 0.896 bits per heavy atom. The van der Waals surface area contributed by atoms with Crippen LogP contribution < -0.4 is 0 Å². The van der Waals surface area contributed by atoms with E-state index in [1.807, 2.05) is 33.3 Å². The molecule has 384 valence electrons. The molecule has 0 bridgehead atoms. The molecule has 0 aromatic carbocycles. The summed E-state index contributed by atoms with van der Waals surface area (Å²) in [5, 5.41) is 9.66. The number of carbonyl (C=O) groups excluding carboxylic acids is 2. The van der Waals surface area contributed by atoms with Crippen molar-refractivity contribution in [1.82, 2.24) is 0 Å². The van der Waals surface area contributed by atoms with E-state index in [4.69, 9.17) is 18.9 Å². The van der Waals surface area contributed by atoms with Crippen LogP contribution >= 0.6 is 0 Å². The summed E-state index contributed by atoms with van der Waals surface area (Å²) < 4.78 is 22.7. The number of quaternary nitrogens is 1. The lowest BCUT2D eigenvalue weighted by atomic mass is 10.0. The van der Waals surface area contributed by atoms with Crippen molar-refractivity contribution >= 4 is 17.9 Å². The standard InChI is InChI=1S/C58H99NO8/c1-6-8-10-12-14-16-18-20-22-23-24-25-26-27-28-29-30-31-32-33-35-36-38-40-42-44-46-48-55(60)65-52-54(53-66-58(57(62)63)64-51-50-59(3,4)5)67-56(61)49-47-45-43-41-39-37-34-21-19-17-15-13-11-9-7-2/h9,11,15,17-18,20-21,23-24,34,39,41,45,47,54,58H,6-8,10,12-14,16,19,22,25-33,35-38,40,42-44,46,48-53H2,1-5H3/p+1/b11-9-,17-15-,20-18-,24-23-,34-21-,41-39-,47-45-. The Kier molecular flexibility index (Phi) is 46.3. The number of ether oxygens (including phenoxy) is 4. The average Bonchev–Trinajstić information content (AvgIpc) is 3.29. The van der Waals surface area contributed by atoms with Crippen LogP contribution in [0.3, 0.4) is 0 Å². The van der Waals surface area contributed by atoms with Crippen molar-refractivity contribution in [3.05, 3.63) is 85.1 Å². The molecule has 0 radical (unpaired) electrons. The van der Waals surface area contributed by atoms with E-state index >= 15 is 0 Å². The monoisotopic (exact) mass is 939 g/mol. The van der Waals surface area contributed by atoms with E-state index in [9.17, 15) is 19.5 Å². The van der Waals surface area contributed by atoms with Gasteiger partial charge in [-0.3, -0.25) is 9.59 Å². The van der Waals surface area contributed by atoms with Crippen molar-refractivity contribution in [1.29, 1.82) is 0 Å². The van der Waals surface area contributed by atoms with Gasteiger partial charge in [-0.15, -0.1) is 0 Å². The number of hydrogen-bond acceptors (Lipinski definition) is 7. The molecule has 9 nitrogen and oxygen atoms in total. The molecule has 0 heterocycles. The Labute approximate surface area is 410 Å². The van der Waals surface area contributed by atoms with Crippen LogP contribution in [0.5, 0.6) is 0 Å². The maximum atomic E-state index is 12.7. The highest BCUT2D eigenvalue weighted by Gasteiger charge is 2.25. The third kappa shape index (κ3) is 50.2. The average molecular weight is 939 g/mol. The van der Waals surface area contributed by atoms with Crippen molar-refractivity contribution in [2.45, 2.75) is 219 Å². The molecule has 2 unspecified atom stereocenters. The van der Waals surface area contributed by atoms with Gasteiger partial charge >= 0.3 is 17.9 Å². The largest absolute Gasteiger partial charge is 0.477 e. The SMILES string of the molecule is CC/C=C\C/C=C\C/C=C\C/C=C\C/C=C\CC(=O)OC(COC(=O)CCCCCCCCCCCCCCCCC/C=C\C/C=C\CCCCCCC)COC(OCC[N+](C)(C)C)C(=O)O. The van der Waals surface area contributed by atoms with Gasteiger partial charge in [-0.2, -0.15) is 0 Å². The number of hydrogen-bond donors (Lipinski definition) is 1. The molecule has 0 fully saturated rings. The van der Waals surface area contributed by atoms with Gasteiger partial charge in [-0.1, -0.05) is 208 Å². The highest BCUT2D eigenvalue weighted by atomic mass is 16.7. The normalized spacial score (nSPS) is 13.5. The molecular formula is C58H100NO8+. The lowest BCUT2D eigenvalue weighted by molar-refractivity contribution is -0.870. The number of nitrogens with zero attached hydrogens (tertiary/aromatic N) is 1. The van der Waals surface area contributed by atoms with E-state index in [-0.39, 0.29) is 38.6 Å². The van der Waals surface area contributed by atoms with E-state index in [1.165, 1.54) is 122 Å². The fourth-order valence-electron chi connectivity index (χ4n) is 7.06. The molecule has 0 aromatic rings. The Bertz CT molecular complexity index is 1370. The quantitative estimate of drug-likeness (QED) is 0.0211. The van der Waals surface area contributed by atoms with Gasteiger partial charge in [-0.25, -0.2) is 4.79 Å². The maximum absolute atomic E-state index is 12.7. The van der Waals surface area contributed by atoms with Crippen LogP contribution in [0.1, 0.15) is 206 Å². The summed E-state index contributed by atoms with van der Waals surface area (Å²) in [6, 6.07) is 0. The number of carboxylic acids is 1. The van der Waals surface area contributed by atoms with Gasteiger partial charge in [0, 0.05) is 6.42 Å². The first-order valence-electron chi connectivity index (χ1n) is 26.8. The van der Waals surface area contributed by atoms with Crippen LogP contribution in [0.2, 0.25) is 0 Å². The number of esters is 2. The molecule has 0 aromatic heterocycles. The van der Waals surface area contributed by atoms with Gasteiger partial charge in [0.25, 0.3) is 6.29 Å². The smallest absolute Gasteiger partial charge is 0.361 e. The zero-order valence-electron chi connectivity index (χ0n) is 43.5. The van der Waals surface area contributed by atoms with E-state index in [1.54, 1.807) is 6.08 Å². The summed E-state index contributed by atoms with van der Waals surface area (Å²) >= 11 is 0. The van der Waals surface area contributed by atoms with Crippen LogP contribution in [0, 0.1) is 0 Å². The van der Waals surface area contributed by atoms with Crippen LogP contribution in [-0.4, -0.2) is 87.4 Å². The molecular weight excluding hydrogens is 839 g/mol. The second kappa shape index (κ2) is 48.9. The lowest BCUT2D eigenvalue weighted by Crippen LogP contribution is -2.40. The first-order chi connectivity index (χ1) is 32.6. The summed E-state index contributed by atoms with van der Waals surface area (Å²) in [7, 11) is 5.93. The number of rotatable bonds is 48. The Balaban J connectivity index is 4.29. The predicted octanol–water partition coefficient (Wildman–Crippen LogP) is 15.2. The van der Waals surface area contributed by atoms with Gasteiger partial charge in [0.05, 0.1) is 40.8 Å². The van der Waals surface area contributed by atoms with Gasteiger partial charge < -0.3 is 28.5 Å². The van der Waals surface area contributed by atoms with Crippen molar-refractivity contribution < 1.29 is 42.9 Å². The summed E-state index contributed by atoms with van der Waals surface area (Å²) in [4.78, 5) is 37.2. The summed E-state index contributed by atoms with van der Waals surface area (Å²) in [5.74, 6) is -2.18. The van der Waals surface area contributed by atoms with Gasteiger partial charge in [0.2, 0.25) is 0 Å². The topological polar surface area (TPSA) is 108 Å². The minimum Gasteiger partial charge on any atom is -0.477 e. The van der Waals surface area contributed by atoms with E-state index < -0.39 is 24.3 Å².